The van der Waals surface area contributed by atoms with Crippen LogP contribution in [0, 0.1) is 0 Å². The molecule has 0 bridgehead atoms. The summed E-state index contributed by atoms with van der Waals surface area (Å²) in [6.07, 6.45) is 0. The van der Waals surface area contributed by atoms with Gasteiger partial charge in [-0.15, -0.1) is 0 Å². The molecule has 0 fully saturated rings. The third-order valence-electron chi connectivity index (χ3n) is 1.61. The Balaban J connectivity index is 0. The summed E-state index contributed by atoms with van der Waals surface area (Å²) < 4.78 is 29.9. The number of nitrogen functional groups attached to an aromatic ring is 1. The Morgan fingerprint density at radius 1 is 1.29 bits per heavy atom. The second-order valence-corrected chi connectivity index (χ2v) is 4.07. The van der Waals surface area contributed by atoms with Gasteiger partial charge >= 0.3 is 103 Å². The molecule has 0 aliphatic carbocycles. The Morgan fingerprint density at radius 2 is 1.76 bits per heavy atom. The van der Waals surface area contributed by atoms with Gasteiger partial charge in [0.15, 0.2) is 0 Å². The first-order chi connectivity index (χ1) is 6.73. The van der Waals surface area contributed by atoms with Crippen LogP contribution < -0.4 is 119 Å². The normalized spacial score (nSPS) is 9.94. The maximum absolute atomic E-state index is 11.1. The van der Waals surface area contributed by atoms with E-state index in [4.69, 9.17) is 10.3 Å². The number of hydrogen-bond donors (Lipinski definition) is 2. The molecule has 1 aromatic carbocycles. The van der Waals surface area contributed by atoms with E-state index >= 15 is 0 Å². The van der Waals surface area contributed by atoms with Crippen molar-refractivity contribution >= 4 is 21.8 Å². The Morgan fingerprint density at radius 3 is 2.12 bits per heavy atom. The topological polar surface area (TPSA) is 144 Å². The zero-order valence-corrected chi connectivity index (χ0v) is 16.2. The van der Waals surface area contributed by atoms with Gasteiger partial charge in [0.05, 0.1) is 10.9 Å². The number of carbonyl (C=O) groups excluding carboxylic acids is 1. The SMILES string of the molecule is Nc1cc(S(=O)(=O)O)cc(C(=O)[O-])c1[O-].[K+].[K+]. The van der Waals surface area contributed by atoms with E-state index in [0.29, 0.717) is 12.1 Å². The number of hydrogen-bond acceptors (Lipinski definition) is 6. The van der Waals surface area contributed by atoms with Crippen molar-refractivity contribution in [3.63, 3.8) is 0 Å². The zero-order valence-electron chi connectivity index (χ0n) is 9.13. The first-order valence-electron chi connectivity index (χ1n) is 3.53. The van der Waals surface area contributed by atoms with E-state index in [1.807, 2.05) is 0 Å². The van der Waals surface area contributed by atoms with Crippen LogP contribution in [0.25, 0.3) is 0 Å². The van der Waals surface area contributed by atoms with Gasteiger partial charge in [0.1, 0.15) is 0 Å². The Hall–Kier alpha value is 1.47. The molecule has 0 unspecified atom stereocenters. The van der Waals surface area contributed by atoms with Gasteiger partial charge in [-0.3, -0.25) is 4.55 Å². The average molecular weight is 309 g/mol. The van der Waals surface area contributed by atoms with E-state index in [1.54, 1.807) is 0 Å². The molecule has 0 saturated carbocycles. The Bertz CT molecular complexity index is 529. The summed E-state index contributed by atoms with van der Waals surface area (Å²) in [5, 5.41) is 21.5. The molecule has 0 spiro atoms. The summed E-state index contributed by atoms with van der Waals surface area (Å²) >= 11 is 0. The van der Waals surface area contributed by atoms with Crippen LogP contribution in [-0.2, 0) is 10.1 Å². The van der Waals surface area contributed by atoms with Crippen LogP contribution in [0.1, 0.15) is 10.4 Å². The number of anilines is 1. The van der Waals surface area contributed by atoms with Gasteiger partial charge in [-0.2, -0.15) is 8.42 Å². The molecule has 0 heterocycles. The van der Waals surface area contributed by atoms with Crippen LogP contribution in [0.3, 0.4) is 0 Å². The fraction of sp³-hybridized carbons (Fsp3) is 0. The second kappa shape index (κ2) is 7.92. The summed E-state index contributed by atoms with van der Waals surface area (Å²) in [5.41, 5.74) is 3.57. The van der Waals surface area contributed by atoms with Crippen molar-refractivity contribution in [2.45, 2.75) is 4.90 Å². The van der Waals surface area contributed by atoms with Crippen LogP contribution in [-0.4, -0.2) is 18.9 Å². The van der Waals surface area contributed by atoms with E-state index in [2.05, 4.69) is 0 Å². The minimum atomic E-state index is -4.61. The number of nitrogens with two attached hydrogens (primary N) is 1. The number of benzene rings is 1. The molecule has 10 heteroatoms. The van der Waals surface area contributed by atoms with Crippen LogP contribution in [0.2, 0.25) is 0 Å². The van der Waals surface area contributed by atoms with Gasteiger partial charge in [0.25, 0.3) is 10.1 Å². The van der Waals surface area contributed by atoms with E-state index < -0.39 is 38.0 Å². The standard InChI is InChI=1S/C7H7NO6S.2K/c8-5-2-3(15(12,13)14)1-4(6(5)9)7(10)11;;/h1-2,9H,8H2,(H,10,11)(H,12,13,14);;/q;2*+1/p-2. The van der Waals surface area contributed by atoms with Crippen molar-refractivity contribution < 1.29 is 131 Å². The predicted octanol–water partition coefficient (Wildman–Crippen LogP) is -8.04. The quantitative estimate of drug-likeness (QED) is 0.313. The molecule has 0 saturated heterocycles. The van der Waals surface area contributed by atoms with Crippen molar-refractivity contribution in [3.05, 3.63) is 17.7 Å². The third kappa shape index (κ3) is 5.54. The zero-order chi connectivity index (χ0) is 11.8. The molecule has 17 heavy (non-hydrogen) atoms. The molecule has 1 rings (SSSR count). The van der Waals surface area contributed by atoms with Crippen molar-refractivity contribution in [1.29, 1.82) is 0 Å². The summed E-state index contributed by atoms with van der Waals surface area (Å²) in [7, 11) is -4.61. The molecule has 3 N–H and O–H groups in total. The van der Waals surface area contributed by atoms with Crippen LogP contribution >= 0.6 is 0 Å². The van der Waals surface area contributed by atoms with Gasteiger partial charge < -0.3 is 20.7 Å². The van der Waals surface area contributed by atoms with E-state index in [1.165, 1.54) is 0 Å². The van der Waals surface area contributed by atoms with Crippen molar-refractivity contribution in [2.24, 2.45) is 0 Å². The predicted molar refractivity (Wildman–Crippen MR) is 44.4 cm³/mol. The van der Waals surface area contributed by atoms with E-state index in [9.17, 15) is 23.4 Å². The van der Waals surface area contributed by atoms with Crippen molar-refractivity contribution in [1.82, 2.24) is 0 Å². The van der Waals surface area contributed by atoms with Gasteiger partial charge in [0, 0.05) is 5.69 Å². The number of rotatable bonds is 2. The van der Waals surface area contributed by atoms with Crippen LogP contribution in [0.15, 0.2) is 17.0 Å². The number of aromatic carboxylic acids is 1. The molecule has 0 aliphatic rings. The molecule has 0 amide bonds. The average Bonchev–Trinajstić information content (AvgIpc) is 2.06. The van der Waals surface area contributed by atoms with Crippen LogP contribution in [0.4, 0.5) is 5.69 Å². The van der Waals surface area contributed by atoms with Crippen molar-refractivity contribution in [3.8, 4) is 5.75 Å². The Labute approximate surface area is 182 Å². The summed E-state index contributed by atoms with van der Waals surface area (Å²) in [6.45, 7) is 0. The molecule has 0 radical (unpaired) electrons. The van der Waals surface area contributed by atoms with Crippen molar-refractivity contribution in [2.75, 3.05) is 5.73 Å². The maximum atomic E-state index is 11.1. The fourth-order valence-corrected chi connectivity index (χ4v) is 1.47. The minimum absolute atomic E-state index is 0. The first kappa shape index (κ1) is 20.8. The molecular formula is C7H5K2NO6S. The van der Waals surface area contributed by atoms with Gasteiger partial charge in [-0.05, 0) is 17.7 Å². The summed E-state index contributed by atoms with van der Waals surface area (Å²) in [4.78, 5) is 9.65. The summed E-state index contributed by atoms with van der Waals surface area (Å²) in [5.74, 6) is -2.92. The monoisotopic (exact) mass is 309 g/mol. The smallest absolute Gasteiger partial charge is 0.871 e. The van der Waals surface area contributed by atoms with Gasteiger partial charge in [-0.1, -0.05) is 5.75 Å². The van der Waals surface area contributed by atoms with Gasteiger partial charge in [-0.25, -0.2) is 0 Å². The van der Waals surface area contributed by atoms with Crippen LogP contribution in [0.5, 0.6) is 5.75 Å². The molecule has 1 aromatic rings. The first-order valence-corrected chi connectivity index (χ1v) is 4.97. The number of carbonyl (C=O) groups is 1. The minimum Gasteiger partial charge on any atom is -0.871 e. The second-order valence-electron chi connectivity index (χ2n) is 2.65. The number of carboxylic acid groups (broad SMARTS) is 1. The van der Waals surface area contributed by atoms with E-state index in [0.717, 1.165) is 0 Å². The molecule has 0 atom stereocenters. The largest absolute Gasteiger partial charge is 1.00 e. The fourth-order valence-electron chi connectivity index (χ4n) is 0.924. The molecule has 7 nitrogen and oxygen atoms in total. The summed E-state index contributed by atoms with van der Waals surface area (Å²) in [6, 6.07) is 1.16. The molecule has 82 valence electrons. The Kier molecular flexibility index (Phi) is 9.68. The number of carboxylic acids is 1. The molecule has 0 aliphatic heterocycles. The maximum Gasteiger partial charge on any atom is 1.00 e. The van der Waals surface area contributed by atoms with Gasteiger partial charge in [0.2, 0.25) is 0 Å². The molecular weight excluding hydrogens is 304 g/mol. The third-order valence-corrected chi connectivity index (χ3v) is 2.44. The van der Waals surface area contributed by atoms with E-state index in [-0.39, 0.29) is 103 Å². The molecule has 0 aromatic heterocycles.